The highest BCUT2D eigenvalue weighted by Crippen LogP contribution is 2.40. The highest BCUT2D eigenvalue weighted by molar-refractivity contribution is 5.38. The van der Waals surface area contributed by atoms with Crippen molar-refractivity contribution in [3.05, 3.63) is 0 Å². The molecule has 0 radical (unpaired) electrons. The van der Waals surface area contributed by atoms with Crippen LogP contribution in [-0.4, -0.2) is 18.1 Å². The first-order valence-corrected chi connectivity index (χ1v) is 3.80. The highest BCUT2D eigenvalue weighted by atomic mass is 19.3. The molecular weight excluding hydrogens is 168 g/mol. The minimum absolute atomic E-state index is 0.0147. The topological polar surface area (TPSA) is 52.3 Å². The van der Waals surface area contributed by atoms with Crippen molar-refractivity contribution in [2.24, 2.45) is 5.73 Å². The minimum atomic E-state index is -3.09. The lowest BCUT2D eigenvalue weighted by Crippen LogP contribution is -2.59. The molecule has 1 aliphatic carbocycles. The molecule has 0 aromatic rings. The van der Waals surface area contributed by atoms with E-state index in [-0.39, 0.29) is 19.3 Å². The summed E-state index contributed by atoms with van der Waals surface area (Å²) in [5.74, 6) is -3.09. The fourth-order valence-electron chi connectivity index (χ4n) is 1.36. The van der Waals surface area contributed by atoms with Crippen molar-refractivity contribution in [2.75, 3.05) is 0 Å². The lowest BCUT2D eigenvalue weighted by molar-refractivity contribution is -0.215. The van der Waals surface area contributed by atoms with E-state index in [1.165, 1.54) is 0 Å². The highest BCUT2D eigenvalue weighted by Gasteiger charge is 2.54. The van der Waals surface area contributed by atoms with Crippen LogP contribution in [0.5, 0.6) is 0 Å². The lowest BCUT2D eigenvalue weighted by Gasteiger charge is -2.38. The average molecular weight is 179 g/mol. The Hall–Kier alpha value is -0.710. The van der Waals surface area contributed by atoms with Gasteiger partial charge in [0.05, 0.1) is 0 Å². The molecular formula is C7H11F2NO2. The number of carbonyl (C=O) groups excluding carboxylic acids is 1. The van der Waals surface area contributed by atoms with Gasteiger partial charge in [-0.1, -0.05) is 0 Å². The van der Waals surface area contributed by atoms with Gasteiger partial charge in [0.25, 0.3) is 12.4 Å². The van der Waals surface area contributed by atoms with Crippen molar-refractivity contribution in [3.8, 4) is 0 Å². The third kappa shape index (κ3) is 1.41. The number of ether oxygens (including phenoxy) is 1. The zero-order chi connectivity index (χ0) is 9.24. The van der Waals surface area contributed by atoms with Gasteiger partial charge >= 0.3 is 0 Å². The van der Waals surface area contributed by atoms with E-state index in [0.717, 1.165) is 0 Å². The Morgan fingerprint density at radius 3 is 2.42 bits per heavy atom. The summed E-state index contributed by atoms with van der Waals surface area (Å²) in [6.07, 6.45) is 0.712. The molecule has 1 fully saturated rings. The van der Waals surface area contributed by atoms with Crippen LogP contribution in [-0.2, 0) is 9.53 Å². The largest absolute Gasteiger partial charge is 0.440 e. The fourth-order valence-corrected chi connectivity index (χ4v) is 1.36. The quantitative estimate of drug-likeness (QED) is 0.508. The number of halogens is 2. The van der Waals surface area contributed by atoms with E-state index >= 15 is 0 Å². The molecule has 1 saturated carbocycles. The Kier molecular flexibility index (Phi) is 2.32. The number of carbonyl (C=O) groups is 1. The zero-order valence-electron chi connectivity index (χ0n) is 6.56. The molecule has 0 aliphatic heterocycles. The molecule has 0 saturated heterocycles. The van der Waals surface area contributed by atoms with E-state index in [0.29, 0.717) is 12.8 Å². The van der Waals surface area contributed by atoms with Crippen molar-refractivity contribution in [1.29, 1.82) is 0 Å². The molecule has 5 heteroatoms. The molecule has 0 aromatic carbocycles. The Labute approximate surface area is 68.9 Å². The zero-order valence-corrected chi connectivity index (χ0v) is 6.56. The number of nitrogens with two attached hydrogens (primary N) is 1. The Morgan fingerprint density at radius 1 is 1.33 bits per heavy atom. The molecule has 1 atom stereocenters. The fraction of sp³-hybridized carbons (Fsp3) is 0.857. The Balaban J connectivity index is 2.76. The normalized spacial score (nSPS) is 34.2. The van der Waals surface area contributed by atoms with Gasteiger partial charge in [0, 0.05) is 12.8 Å². The van der Waals surface area contributed by atoms with Crippen molar-refractivity contribution in [1.82, 2.24) is 0 Å². The predicted molar refractivity (Wildman–Crippen MR) is 37.5 cm³/mol. The van der Waals surface area contributed by atoms with Gasteiger partial charge in [-0.25, -0.2) is 8.78 Å². The number of rotatable bonds is 2. The van der Waals surface area contributed by atoms with Crippen LogP contribution in [0.1, 0.15) is 25.7 Å². The van der Waals surface area contributed by atoms with Gasteiger partial charge in [-0.15, -0.1) is 0 Å². The van der Waals surface area contributed by atoms with Crippen LogP contribution < -0.4 is 5.73 Å². The summed E-state index contributed by atoms with van der Waals surface area (Å²) in [5, 5.41) is 0. The molecule has 12 heavy (non-hydrogen) atoms. The van der Waals surface area contributed by atoms with Crippen LogP contribution in [0.3, 0.4) is 0 Å². The maximum atomic E-state index is 13.0. The summed E-state index contributed by atoms with van der Waals surface area (Å²) >= 11 is 0. The maximum Gasteiger partial charge on any atom is 0.300 e. The molecule has 2 N–H and O–H groups in total. The summed E-state index contributed by atoms with van der Waals surface area (Å²) in [6, 6.07) is 0. The van der Waals surface area contributed by atoms with E-state index in [2.05, 4.69) is 4.74 Å². The second-order valence-electron chi connectivity index (χ2n) is 3.02. The van der Waals surface area contributed by atoms with E-state index in [4.69, 9.17) is 5.73 Å². The summed E-state index contributed by atoms with van der Waals surface area (Å²) in [6.45, 7) is -0.0147. The van der Waals surface area contributed by atoms with Crippen molar-refractivity contribution in [3.63, 3.8) is 0 Å². The van der Waals surface area contributed by atoms with E-state index < -0.39 is 11.6 Å². The summed E-state index contributed by atoms with van der Waals surface area (Å²) in [7, 11) is 0. The van der Waals surface area contributed by atoms with Crippen LogP contribution >= 0.6 is 0 Å². The standard InChI is InChI=1S/C7H11F2NO2/c8-6(9)3-1-2-4-7(6,10)12-5-11/h5H,1-4,10H2/t7-/m1/s1. The predicted octanol–water partition coefficient (Wildman–Crippen LogP) is 1.02. The molecule has 3 nitrogen and oxygen atoms in total. The van der Waals surface area contributed by atoms with Gasteiger partial charge < -0.3 is 4.74 Å². The van der Waals surface area contributed by atoms with Crippen molar-refractivity contribution in [2.45, 2.75) is 37.3 Å². The van der Waals surface area contributed by atoms with Crippen LogP contribution in [0.25, 0.3) is 0 Å². The third-order valence-corrected chi connectivity index (χ3v) is 2.17. The molecule has 0 aromatic heterocycles. The van der Waals surface area contributed by atoms with Gasteiger partial charge in [0.1, 0.15) is 0 Å². The molecule has 0 heterocycles. The average Bonchev–Trinajstić information content (AvgIpc) is 1.96. The summed E-state index contributed by atoms with van der Waals surface area (Å²) in [4.78, 5) is 9.93. The number of hydrogen-bond acceptors (Lipinski definition) is 3. The second-order valence-corrected chi connectivity index (χ2v) is 3.02. The number of alkyl halides is 2. The Bertz CT molecular complexity index is 186. The van der Waals surface area contributed by atoms with E-state index in [1.807, 2.05) is 0 Å². The molecule has 0 amide bonds. The smallest absolute Gasteiger partial charge is 0.300 e. The van der Waals surface area contributed by atoms with E-state index in [1.54, 1.807) is 0 Å². The van der Waals surface area contributed by atoms with Gasteiger partial charge in [0.2, 0.25) is 5.72 Å². The SMILES string of the molecule is N[C@@]1(OC=O)CCCCC1(F)F. The first-order chi connectivity index (χ1) is 5.52. The molecule has 0 unspecified atom stereocenters. The van der Waals surface area contributed by atoms with Gasteiger partial charge in [-0.05, 0) is 12.8 Å². The first-order valence-electron chi connectivity index (χ1n) is 3.80. The number of hydrogen-bond donors (Lipinski definition) is 1. The Morgan fingerprint density at radius 2 is 1.92 bits per heavy atom. The van der Waals surface area contributed by atoms with E-state index in [9.17, 15) is 13.6 Å². The van der Waals surface area contributed by atoms with Crippen molar-refractivity contribution >= 4 is 6.47 Å². The summed E-state index contributed by atoms with van der Waals surface area (Å²) < 4.78 is 30.3. The van der Waals surface area contributed by atoms with Crippen molar-refractivity contribution < 1.29 is 18.3 Å². The first kappa shape index (κ1) is 9.38. The van der Waals surface area contributed by atoms with Crippen LogP contribution in [0.2, 0.25) is 0 Å². The molecule has 1 rings (SSSR count). The molecule has 0 spiro atoms. The van der Waals surface area contributed by atoms with Gasteiger partial charge in [-0.3, -0.25) is 10.5 Å². The van der Waals surface area contributed by atoms with Crippen LogP contribution in [0, 0.1) is 0 Å². The second kappa shape index (κ2) is 2.97. The molecule has 70 valence electrons. The maximum absolute atomic E-state index is 13.0. The monoisotopic (exact) mass is 179 g/mol. The van der Waals surface area contributed by atoms with Crippen LogP contribution in [0.4, 0.5) is 8.78 Å². The van der Waals surface area contributed by atoms with Gasteiger partial charge in [-0.2, -0.15) is 0 Å². The molecule has 0 bridgehead atoms. The van der Waals surface area contributed by atoms with Gasteiger partial charge in [0.15, 0.2) is 0 Å². The van der Waals surface area contributed by atoms with Crippen LogP contribution in [0.15, 0.2) is 0 Å². The minimum Gasteiger partial charge on any atom is -0.440 e. The third-order valence-electron chi connectivity index (χ3n) is 2.17. The molecule has 1 aliphatic rings. The summed E-state index contributed by atoms with van der Waals surface area (Å²) in [5.41, 5.74) is 3.17. The lowest BCUT2D eigenvalue weighted by atomic mass is 9.88.